The van der Waals surface area contributed by atoms with E-state index in [-0.39, 0.29) is 0 Å². The van der Waals surface area contributed by atoms with Crippen LogP contribution in [0.25, 0.3) is 0 Å². The normalized spacial score (nSPS) is 11.0. The van der Waals surface area contributed by atoms with Crippen molar-refractivity contribution < 1.29 is 9.47 Å². The van der Waals surface area contributed by atoms with Gasteiger partial charge in [-0.1, -0.05) is 6.92 Å². The van der Waals surface area contributed by atoms with E-state index in [9.17, 15) is 0 Å². The first kappa shape index (κ1) is 15.2. The Morgan fingerprint density at radius 3 is 2.94 bits per heavy atom. The number of methoxy groups -OCH3 is 1. The molecule has 18 heavy (non-hydrogen) atoms. The van der Waals surface area contributed by atoms with Crippen molar-refractivity contribution in [1.29, 1.82) is 0 Å². The van der Waals surface area contributed by atoms with E-state index in [0.717, 1.165) is 45.9 Å². The first-order valence-corrected chi connectivity index (χ1v) is 6.79. The monoisotopic (exact) mass is 254 g/mol. The summed E-state index contributed by atoms with van der Waals surface area (Å²) in [7, 11) is 1.72. The van der Waals surface area contributed by atoms with Crippen molar-refractivity contribution in [3.05, 3.63) is 24.0 Å². The molecule has 1 rings (SSSR count). The molecule has 0 aliphatic carbocycles. The standard InChI is InChI=1S/C14H26N2O2/c1-3-6-15-12-14-5-7-16(13-14)8-11-18-10-4-9-17-2/h5,7,13,15H,3-4,6,8-12H2,1-2H3. The maximum absolute atomic E-state index is 5.53. The smallest absolute Gasteiger partial charge is 0.0645 e. The van der Waals surface area contributed by atoms with Crippen LogP contribution in [0.2, 0.25) is 0 Å². The summed E-state index contributed by atoms with van der Waals surface area (Å²) in [5.41, 5.74) is 1.34. The number of nitrogens with zero attached hydrogens (tertiary/aromatic N) is 1. The van der Waals surface area contributed by atoms with Crippen LogP contribution < -0.4 is 5.32 Å². The van der Waals surface area contributed by atoms with E-state index in [0.29, 0.717) is 0 Å². The van der Waals surface area contributed by atoms with Crippen LogP contribution in [0.3, 0.4) is 0 Å². The summed E-state index contributed by atoms with van der Waals surface area (Å²) >= 11 is 0. The number of nitrogens with one attached hydrogen (secondary N) is 1. The lowest BCUT2D eigenvalue weighted by molar-refractivity contribution is 0.0977. The van der Waals surface area contributed by atoms with Gasteiger partial charge in [-0.05, 0) is 31.0 Å². The van der Waals surface area contributed by atoms with Crippen molar-refractivity contribution in [2.24, 2.45) is 0 Å². The second-order valence-corrected chi connectivity index (χ2v) is 4.39. The van der Waals surface area contributed by atoms with E-state index in [1.165, 1.54) is 12.0 Å². The summed E-state index contributed by atoms with van der Waals surface area (Å²) in [6, 6.07) is 2.16. The van der Waals surface area contributed by atoms with Crippen LogP contribution in [0.4, 0.5) is 0 Å². The van der Waals surface area contributed by atoms with E-state index >= 15 is 0 Å². The Kier molecular flexibility index (Phi) is 8.55. The largest absolute Gasteiger partial charge is 0.385 e. The van der Waals surface area contributed by atoms with Gasteiger partial charge in [0.1, 0.15) is 0 Å². The SMILES string of the molecule is CCCNCc1ccn(CCOCCCOC)c1. The predicted octanol–water partition coefficient (Wildman–Crippen LogP) is 2.04. The summed E-state index contributed by atoms with van der Waals surface area (Å²) in [4.78, 5) is 0. The second-order valence-electron chi connectivity index (χ2n) is 4.39. The van der Waals surface area contributed by atoms with Crippen molar-refractivity contribution in [3.63, 3.8) is 0 Å². The molecule has 1 aromatic heterocycles. The Hall–Kier alpha value is -0.840. The zero-order valence-electron chi connectivity index (χ0n) is 11.7. The van der Waals surface area contributed by atoms with Gasteiger partial charge in [-0.2, -0.15) is 0 Å². The molecule has 4 heteroatoms. The molecule has 1 N–H and O–H groups in total. The summed E-state index contributed by atoms with van der Waals surface area (Å²) in [6.45, 7) is 7.44. The molecule has 4 nitrogen and oxygen atoms in total. The van der Waals surface area contributed by atoms with Crippen LogP contribution in [0.15, 0.2) is 18.5 Å². The first-order valence-electron chi connectivity index (χ1n) is 6.79. The quantitative estimate of drug-likeness (QED) is 0.614. The van der Waals surface area contributed by atoms with Gasteiger partial charge < -0.3 is 19.4 Å². The van der Waals surface area contributed by atoms with Crippen molar-refractivity contribution in [1.82, 2.24) is 9.88 Å². The molecule has 0 aromatic carbocycles. The van der Waals surface area contributed by atoms with Crippen LogP contribution >= 0.6 is 0 Å². The van der Waals surface area contributed by atoms with Gasteiger partial charge in [0.25, 0.3) is 0 Å². The molecule has 1 aromatic rings. The van der Waals surface area contributed by atoms with Gasteiger partial charge in [-0.3, -0.25) is 0 Å². The molecule has 104 valence electrons. The third-order valence-electron chi connectivity index (χ3n) is 2.70. The molecule has 1 heterocycles. The summed E-state index contributed by atoms with van der Waals surface area (Å²) in [5, 5.41) is 3.40. The Bertz CT molecular complexity index is 300. The maximum Gasteiger partial charge on any atom is 0.0645 e. The van der Waals surface area contributed by atoms with Gasteiger partial charge >= 0.3 is 0 Å². The molecule has 0 unspecified atom stereocenters. The average Bonchev–Trinajstić information content (AvgIpc) is 2.82. The van der Waals surface area contributed by atoms with Crippen molar-refractivity contribution in [2.75, 3.05) is 33.5 Å². The predicted molar refractivity (Wildman–Crippen MR) is 73.7 cm³/mol. The number of hydrogen-bond donors (Lipinski definition) is 1. The Labute approximate surface area is 110 Å². The highest BCUT2D eigenvalue weighted by molar-refractivity contribution is 5.09. The van der Waals surface area contributed by atoms with Crippen LogP contribution in [0.5, 0.6) is 0 Å². The fraction of sp³-hybridized carbons (Fsp3) is 0.714. The molecule has 0 radical (unpaired) electrons. The van der Waals surface area contributed by atoms with Gasteiger partial charge in [0.2, 0.25) is 0 Å². The van der Waals surface area contributed by atoms with Gasteiger partial charge in [0.15, 0.2) is 0 Å². The highest BCUT2D eigenvalue weighted by Crippen LogP contribution is 2.01. The Morgan fingerprint density at radius 2 is 2.17 bits per heavy atom. The number of aromatic nitrogens is 1. The van der Waals surface area contributed by atoms with E-state index in [4.69, 9.17) is 9.47 Å². The third-order valence-corrected chi connectivity index (χ3v) is 2.70. The molecule has 0 aliphatic rings. The highest BCUT2D eigenvalue weighted by atomic mass is 16.5. The fourth-order valence-corrected chi connectivity index (χ4v) is 1.72. The van der Waals surface area contributed by atoms with Crippen LogP contribution in [-0.2, 0) is 22.6 Å². The molecule has 0 saturated heterocycles. The van der Waals surface area contributed by atoms with E-state index in [1.807, 2.05) is 0 Å². The zero-order valence-corrected chi connectivity index (χ0v) is 11.7. The van der Waals surface area contributed by atoms with E-state index in [2.05, 4.69) is 35.3 Å². The molecule has 0 aliphatic heterocycles. The lowest BCUT2D eigenvalue weighted by Crippen LogP contribution is -2.13. The molecule has 0 spiro atoms. The second kappa shape index (κ2) is 10.1. The topological polar surface area (TPSA) is 35.4 Å². The lowest BCUT2D eigenvalue weighted by Gasteiger charge is -2.05. The van der Waals surface area contributed by atoms with Crippen molar-refractivity contribution in [2.45, 2.75) is 32.9 Å². The number of rotatable bonds is 11. The molecular formula is C14H26N2O2. The molecule has 0 saturated carbocycles. The summed E-state index contributed by atoms with van der Waals surface area (Å²) < 4.78 is 12.7. The maximum atomic E-state index is 5.53. The van der Waals surface area contributed by atoms with Gasteiger partial charge in [-0.15, -0.1) is 0 Å². The molecular weight excluding hydrogens is 228 g/mol. The molecule has 0 atom stereocenters. The van der Waals surface area contributed by atoms with E-state index in [1.54, 1.807) is 7.11 Å². The third kappa shape index (κ3) is 6.79. The minimum atomic E-state index is 0.764. The minimum Gasteiger partial charge on any atom is -0.385 e. The Balaban J connectivity index is 2.07. The summed E-state index contributed by atoms with van der Waals surface area (Å²) in [5.74, 6) is 0. The first-order chi connectivity index (χ1) is 8.86. The fourth-order valence-electron chi connectivity index (χ4n) is 1.72. The Morgan fingerprint density at radius 1 is 1.28 bits per heavy atom. The van der Waals surface area contributed by atoms with Gasteiger partial charge in [-0.25, -0.2) is 0 Å². The van der Waals surface area contributed by atoms with Crippen molar-refractivity contribution in [3.8, 4) is 0 Å². The van der Waals surface area contributed by atoms with Gasteiger partial charge in [0, 0.05) is 45.8 Å². The molecule has 0 amide bonds. The molecule has 0 fully saturated rings. The van der Waals surface area contributed by atoms with E-state index < -0.39 is 0 Å². The van der Waals surface area contributed by atoms with Crippen LogP contribution in [-0.4, -0.2) is 38.0 Å². The highest BCUT2D eigenvalue weighted by Gasteiger charge is 1.96. The number of hydrogen-bond acceptors (Lipinski definition) is 3. The average molecular weight is 254 g/mol. The zero-order chi connectivity index (χ0) is 13.1. The molecule has 0 bridgehead atoms. The van der Waals surface area contributed by atoms with Crippen LogP contribution in [0, 0.1) is 0 Å². The minimum absolute atomic E-state index is 0.764. The van der Waals surface area contributed by atoms with Crippen molar-refractivity contribution >= 4 is 0 Å². The van der Waals surface area contributed by atoms with Crippen LogP contribution in [0.1, 0.15) is 25.3 Å². The summed E-state index contributed by atoms with van der Waals surface area (Å²) in [6.07, 6.45) is 6.44. The van der Waals surface area contributed by atoms with Gasteiger partial charge in [0.05, 0.1) is 6.61 Å². The number of ether oxygens (including phenoxy) is 2. The lowest BCUT2D eigenvalue weighted by atomic mass is 10.3.